The fraction of sp³-hybridized carbons (Fsp3) is 0.818. The molecule has 0 bridgehead atoms. The molecule has 2 heteroatoms. The average molecular weight is 206 g/mol. The molecule has 0 aliphatic carbocycles. The molecule has 0 amide bonds. The van der Waals surface area contributed by atoms with Crippen molar-refractivity contribution in [1.29, 1.82) is 0 Å². The van der Waals surface area contributed by atoms with Crippen molar-refractivity contribution >= 4 is 12.4 Å². The first kappa shape index (κ1) is 15.5. The SMILES string of the molecule is C=CCN(C(C)C)C(C)(C)CC.Cl. The summed E-state index contributed by atoms with van der Waals surface area (Å²) in [5.74, 6) is 0. The van der Waals surface area contributed by atoms with Gasteiger partial charge in [-0.15, -0.1) is 19.0 Å². The number of hydrogen-bond donors (Lipinski definition) is 0. The summed E-state index contributed by atoms with van der Waals surface area (Å²) >= 11 is 0. The Kier molecular flexibility index (Phi) is 7.67. The fourth-order valence-corrected chi connectivity index (χ4v) is 1.50. The van der Waals surface area contributed by atoms with E-state index in [1.165, 1.54) is 6.42 Å². The van der Waals surface area contributed by atoms with Crippen LogP contribution in [-0.4, -0.2) is 23.0 Å². The van der Waals surface area contributed by atoms with E-state index in [-0.39, 0.29) is 12.4 Å². The molecule has 0 saturated heterocycles. The Labute approximate surface area is 89.6 Å². The van der Waals surface area contributed by atoms with Crippen LogP contribution in [0.4, 0.5) is 0 Å². The van der Waals surface area contributed by atoms with E-state index in [4.69, 9.17) is 0 Å². The van der Waals surface area contributed by atoms with Gasteiger partial charge in [0, 0.05) is 18.1 Å². The molecule has 0 spiro atoms. The van der Waals surface area contributed by atoms with Gasteiger partial charge in [0.05, 0.1) is 0 Å². The molecular formula is C11H24ClN. The van der Waals surface area contributed by atoms with E-state index in [1.54, 1.807) is 0 Å². The molecule has 0 aliphatic rings. The van der Waals surface area contributed by atoms with Gasteiger partial charge in [0.15, 0.2) is 0 Å². The Hall–Kier alpha value is -0.0100. The summed E-state index contributed by atoms with van der Waals surface area (Å²) < 4.78 is 0. The zero-order valence-electron chi connectivity index (χ0n) is 9.63. The van der Waals surface area contributed by atoms with Gasteiger partial charge in [-0.25, -0.2) is 0 Å². The van der Waals surface area contributed by atoms with E-state index in [0.29, 0.717) is 11.6 Å². The van der Waals surface area contributed by atoms with Crippen molar-refractivity contribution in [3.63, 3.8) is 0 Å². The first-order chi connectivity index (χ1) is 5.45. The summed E-state index contributed by atoms with van der Waals surface area (Å²) in [7, 11) is 0. The first-order valence-electron chi connectivity index (χ1n) is 4.83. The molecule has 0 aromatic carbocycles. The van der Waals surface area contributed by atoms with Crippen molar-refractivity contribution < 1.29 is 0 Å². The van der Waals surface area contributed by atoms with E-state index in [0.717, 1.165) is 6.54 Å². The van der Waals surface area contributed by atoms with Crippen LogP contribution in [0.2, 0.25) is 0 Å². The zero-order chi connectivity index (χ0) is 9.78. The number of rotatable bonds is 5. The Morgan fingerprint density at radius 3 is 2.08 bits per heavy atom. The lowest BCUT2D eigenvalue weighted by Gasteiger charge is -2.40. The second-order valence-corrected chi connectivity index (χ2v) is 4.20. The predicted molar refractivity (Wildman–Crippen MR) is 63.7 cm³/mol. The number of halogens is 1. The van der Waals surface area contributed by atoms with Crippen LogP contribution in [-0.2, 0) is 0 Å². The first-order valence-corrected chi connectivity index (χ1v) is 4.83. The number of nitrogens with zero attached hydrogens (tertiary/aromatic N) is 1. The third-order valence-electron chi connectivity index (χ3n) is 2.59. The molecule has 0 N–H and O–H groups in total. The smallest absolute Gasteiger partial charge is 0.0168 e. The Balaban J connectivity index is 0. The van der Waals surface area contributed by atoms with Crippen molar-refractivity contribution in [3.8, 4) is 0 Å². The van der Waals surface area contributed by atoms with Crippen LogP contribution >= 0.6 is 12.4 Å². The number of hydrogen-bond acceptors (Lipinski definition) is 1. The van der Waals surface area contributed by atoms with Crippen molar-refractivity contribution in [2.75, 3.05) is 6.54 Å². The molecule has 80 valence electrons. The van der Waals surface area contributed by atoms with Gasteiger partial charge in [-0.3, -0.25) is 4.90 Å². The second-order valence-electron chi connectivity index (χ2n) is 4.20. The van der Waals surface area contributed by atoms with E-state index in [1.807, 2.05) is 6.08 Å². The van der Waals surface area contributed by atoms with Crippen LogP contribution in [0.3, 0.4) is 0 Å². The van der Waals surface area contributed by atoms with E-state index in [2.05, 4.69) is 46.1 Å². The fourth-order valence-electron chi connectivity index (χ4n) is 1.50. The highest BCUT2D eigenvalue weighted by molar-refractivity contribution is 5.85. The zero-order valence-corrected chi connectivity index (χ0v) is 10.4. The highest BCUT2D eigenvalue weighted by Crippen LogP contribution is 2.20. The molecule has 0 aliphatic heterocycles. The minimum Gasteiger partial charge on any atom is -0.292 e. The largest absolute Gasteiger partial charge is 0.292 e. The normalized spacial score (nSPS) is 11.6. The van der Waals surface area contributed by atoms with Gasteiger partial charge in [0.25, 0.3) is 0 Å². The van der Waals surface area contributed by atoms with Crippen molar-refractivity contribution in [2.45, 2.75) is 52.6 Å². The third-order valence-corrected chi connectivity index (χ3v) is 2.59. The summed E-state index contributed by atoms with van der Waals surface area (Å²) in [6.45, 7) is 16.1. The summed E-state index contributed by atoms with van der Waals surface area (Å²) in [5.41, 5.74) is 0.294. The predicted octanol–water partition coefficient (Wildman–Crippen LogP) is 3.49. The molecule has 0 fully saturated rings. The minimum absolute atomic E-state index is 0. The molecule has 0 aromatic heterocycles. The van der Waals surface area contributed by atoms with Gasteiger partial charge in [-0.1, -0.05) is 13.0 Å². The second kappa shape index (κ2) is 6.44. The Morgan fingerprint density at radius 2 is 1.85 bits per heavy atom. The maximum Gasteiger partial charge on any atom is 0.0168 e. The molecule has 0 unspecified atom stereocenters. The summed E-state index contributed by atoms with van der Waals surface area (Å²) in [6.07, 6.45) is 3.16. The molecule has 0 rings (SSSR count). The van der Waals surface area contributed by atoms with E-state index in [9.17, 15) is 0 Å². The van der Waals surface area contributed by atoms with Gasteiger partial charge in [-0.2, -0.15) is 0 Å². The highest BCUT2D eigenvalue weighted by atomic mass is 35.5. The van der Waals surface area contributed by atoms with Crippen molar-refractivity contribution in [1.82, 2.24) is 4.90 Å². The molecule has 0 radical (unpaired) electrons. The lowest BCUT2D eigenvalue weighted by atomic mass is 9.97. The minimum atomic E-state index is 0. The van der Waals surface area contributed by atoms with Crippen molar-refractivity contribution in [2.24, 2.45) is 0 Å². The van der Waals surface area contributed by atoms with E-state index >= 15 is 0 Å². The molecule has 0 saturated carbocycles. The van der Waals surface area contributed by atoms with Crippen LogP contribution in [0, 0.1) is 0 Å². The lowest BCUT2D eigenvalue weighted by Crippen LogP contribution is -2.47. The summed E-state index contributed by atoms with van der Waals surface area (Å²) in [6, 6.07) is 0.595. The van der Waals surface area contributed by atoms with Crippen LogP contribution < -0.4 is 0 Å². The lowest BCUT2D eigenvalue weighted by molar-refractivity contribution is 0.0956. The summed E-state index contributed by atoms with van der Waals surface area (Å²) in [4.78, 5) is 2.47. The molecular weight excluding hydrogens is 182 g/mol. The maximum atomic E-state index is 3.79. The van der Waals surface area contributed by atoms with Gasteiger partial charge in [0.1, 0.15) is 0 Å². The average Bonchev–Trinajstić information content (AvgIpc) is 1.99. The summed E-state index contributed by atoms with van der Waals surface area (Å²) in [5, 5.41) is 0. The van der Waals surface area contributed by atoms with Gasteiger partial charge < -0.3 is 0 Å². The quantitative estimate of drug-likeness (QED) is 0.622. The van der Waals surface area contributed by atoms with E-state index < -0.39 is 0 Å². The van der Waals surface area contributed by atoms with Crippen molar-refractivity contribution in [3.05, 3.63) is 12.7 Å². The van der Waals surface area contributed by atoms with Gasteiger partial charge in [0.2, 0.25) is 0 Å². The highest BCUT2D eigenvalue weighted by Gasteiger charge is 2.25. The van der Waals surface area contributed by atoms with Gasteiger partial charge in [-0.05, 0) is 34.1 Å². The molecule has 1 nitrogen and oxygen atoms in total. The standard InChI is InChI=1S/C11H23N.ClH/c1-7-9-12(10(3)4)11(5,6)8-2;/h7,10H,1,8-9H2,2-6H3;1H. The third kappa shape index (κ3) is 4.68. The maximum absolute atomic E-state index is 3.79. The molecule has 0 aromatic rings. The van der Waals surface area contributed by atoms with Crippen LogP contribution in [0.15, 0.2) is 12.7 Å². The molecule has 0 atom stereocenters. The topological polar surface area (TPSA) is 3.24 Å². The van der Waals surface area contributed by atoms with Crippen LogP contribution in [0.5, 0.6) is 0 Å². The Bertz CT molecular complexity index is 141. The van der Waals surface area contributed by atoms with Crippen LogP contribution in [0.25, 0.3) is 0 Å². The monoisotopic (exact) mass is 205 g/mol. The van der Waals surface area contributed by atoms with Crippen LogP contribution in [0.1, 0.15) is 41.0 Å². The Morgan fingerprint density at radius 1 is 1.38 bits per heavy atom. The van der Waals surface area contributed by atoms with Gasteiger partial charge >= 0.3 is 0 Å². The molecule has 0 heterocycles. The molecule has 13 heavy (non-hydrogen) atoms.